The second-order valence-electron chi connectivity index (χ2n) is 5.12. The van der Waals surface area contributed by atoms with Gasteiger partial charge in [-0.3, -0.25) is 14.9 Å². The number of ether oxygens (including phenoxy) is 3. The molecule has 0 aliphatic heterocycles. The van der Waals surface area contributed by atoms with E-state index in [-0.39, 0.29) is 16.3 Å². The van der Waals surface area contributed by atoms with Crippen LogP contribution in [-0.4, -0.2) is 37.6 Å². The highest BCUT2D eigenvalue weighted by Crippen LogP contribution is 2.29. The van der Waals surface area contributed by atoms with Crippen LogP contribution < -0.4 is 14.8 Å². The van der Waals surface area contributed by atoms with Gasteiger partial charge >= 0.3 is 5.97 Å². The lowest BCUT2D eigenvalue weighted by Gasteiger charge is -2.11. The van der Waals surface area contributed by atoms with Gasteiger partial charge in [0.05, 0.1) is 29.7 Å². The number of esters is 1. The predicted octanol–water partition coefficient (Wildman–Crippen LogP) is 3.06. The Hall–Kier alpha value is -3.33. The Balaban J connectivity index is 2.00. The molecule has 27 heavy (non-hydrogen) atoms. The summed E-state index contributed by atoms with van der Waals surface area (Å²) in [5, 5.41) is 13.3. The number of benzene rings is 2. The fraction of sp³-hybridized carbons (Fsp3) is 0.176. The van der Waals surface area contributed by atoms with Gasteiger partial charge in [-0.2, -0.15) is 0 Å². The van der Waals surface area contributed by atoms with E-state index in [1.54, 1.807) is 12.1 Å². The molecule has 0 radical (unpaired) electrons. The number of nitro groups is 1. The molecule has 9 nitrogen and oxygen atoms in total. The summed E-state index contributed by atoms with van der Waals surface area (Å²) in [6.45, 7) is -0.605. The number of methoxy groups -OCH3 is 2. The number of amides is 1. The van der Waals surface area contributed by atoms with Crippen molar-refractivity contribution in [3.05, 3.63) is 57.1 Å². The van der Waals surface area contributed by atoms with Crippen LogP contribution in [0.5, 0.6) is 11.5 Å². The van der Waals surface area contributed by atoms with Gasteiger partial charge in [0.15, 0.2) is 18.1 Å². The summed E-state index contributed by atoms with van der Waals surface area (Å²) in [5.41, 5.74) is -0.118. The van der Waals surface area contributed by atoms with Crippen molar-refractivity contribution in [1.82, 2.24) is 0 Å². The maximum atomic E-state index is 12.0. The lowest BCUT2D eigenvalue weighted by atomic mass is 10.2. The average molecular weight is 395 g/mol. The minimum Gasteiger partial charge on any atom is -0.493 e. The maximum absolute atomic E-state index is 12.0. The van der Waals surface area contributed by atoms with Crippen LogP contribution in [0.4, 0.5) is 11.4 Å². The molecule has 0 saturated carbocycles. The van der Waals surface area contributed by atoms with Crippen LogP contribution in [0.1, 0.15) is 10.4 Å². The fourth-order valence-corrected chi connectivity index (χ4v) is 2.30. The van der Waals surface area contributed by atoms with E-state index in [4.69, 9.17) is 25.8 Å². The van der Waals surface area contributed by atoms with E-state index in [1.165, 1.54) is 26.4 Å². The highest BCUT2D eigenvalue weighted by molar-refractivity contribution is 6.33. The zero-order valence-electron chi connectivity index (χ0n) is 14.4. The molecular formula is C17H15ClN2O7. The van der Waals surface area contributed by atoms with Crippen molar-refractivity contribution in [2.24, 2.45) is 0 Å². The molecule has 2 rings (SSSR count). The van der Waals surface area contributed by atoms with E-state index < -0.39 is 23.4 Å². The van der Waals surface area contributed by atoms with E-state index in [0.717, 1.165) is 12.1 Å². The molecule has 0 unspecified atom stereocenters. The normalized spacial score (nSPS) is 10.0. The maximum Gasteiger partial charge on any atom is 0.340 e. The summed E-state index contributed by atoms with van der Waals surface area (Å²) in [6, 6.07) is 8.07. The number of carbonyl (C=O) groups is 2. The minimum atomic E-state index is -0.953. The van der Waals surface area contributed by atoms with Crippen LogP contribution >= 0.6 is 11.6 Å². The van der Waals surface area contributed by atoms with Gasteiger partial charge in [-0.05, 0) is 18.2 Å². The molecule has 2 aromatic rings. The Bertz CT molecular complexity index is 886. The van der Waals surface area contributed by atoms with Crippen LogP contribution in [0.2, 0.25) is 5.02 Å². The second kappa shape index (κ2) is 8.86. The minimum absolute atomic E-state index is 0.0223. The lowest BCUT2D eigenvalue weighted by molar-refractivity contribution is -0.384. The standard InChI is InChI=1S/C17H15ClN2O7/c1-25-14-6-3-10(7-15(14)26-2)19-16(21)9-27-17(22)12-8-11(20(23)24)4-5-13(12)18/h3-8H,9H2,1-2H3,(H,19,21). The van der Waals surface area contributed by atoms with E-state index in [9.17, 15) is 19.7 Å². The first-order valence-corrected chi connectivity index (χ1v) is 7.86. The summed E-state index contributed by atoms with van der Waals surface area (Å²) >= 11 is 5.85. The first-order chi connectivity index (χ1) is 12.8. The molecule has 0 heterocycles. The van der Waals surface area contributed by atoms with Gasteiger partial charge in [0.1, 0.15) is 0 Å². The molecule has 142 valence electrons. The SMILES string of the molecule is COc1ccc(NC(=O)COC(=O)c2cc([N+](=O)[O-])ccc2Cl)cc1OC. The molecule has 0 saturated heterocycles. The van der Waals surface area contributed by atoms with Gasteiger partial charge in [0.25, 0.3) is 11.6 Å². The summed E-state index contributed by atoms with van der Waals surface area (Å²) in [4.78, 5) is 34.1. The van der Waals surface area contributed by atoms with Gasteiger partial charge in [-0.1, -0.05) is 11.6 Å². The summed E-state index contributed by atoms with van der Waals surface area (Å²) < 4.78 is 15.1. The third-order valence-corrected chi connectivity index (χ3v) is 3.71. The van der Waals surface area contributed by atoms with E-state index in [2.05, 4.69) is 5.32 Å². The number of nitrogens with zero attached hydrogens (tertiary/aromatic N) is 1. The Morgan fingerprint density at radius 1 is 1.11 bits per heavy atom. The van der Waals surface area contributed by atoms with E-state index in [0.29, 0.717) is 17.2 Å². The topological polar surface area (TPSA) is 117 Å². The first-order valence-electron chi connectivity index (χ1n) is 7.48. The summed E-state index contributed by atoms with van der Waals surface area (Å²) in [5.74, 6) is -0.666. The molecular weight excluding hydrogens is 380 g/mol. The highest BCUT2D eigenvalue weighted by Gasteiger charge is 2.18. The van der Waals surface area contributed by atoms with Crippen molar-refractivity contribution in [2.45, 2.75) is 0 Å². The molecule has 0 fully saturated rings. The van der Waals surface area contributed by atoms with Gasteiger partial charge in [0, 0.05) is 23.9 Å². The third kappa shape index (κ3) is 5.08. The van der Waals surface area contributed by atoms with Gasteiger partial charge in [0.2, 0.25) is 0 Å². The van der Waals surface area contributed by atoms with Crippen molar-refractivity contribution >= 4 is 34.9 Å². The monoisotopic (exact) mass is 394 g/mol. The highest BCUT2D eigenvalue weighted by atomic mass is 35.5. The molecule has 0 aliphatic carbocycles. The lowest BCUT2D eigenvalue weighted by Crippen LogP contribution is -2.21. The number of hydrogen-bond donors (Lipinski definition) is 1. The molecule has 0 atom stereocenters. The first kappa shape index (κ1) is 20.0. The smallest absolute Gasteiger partial charge is 0.340 e. The molecule has 0 aliphatic rings. The molecule has 1 N–H and O–H groups in total. The Morgan fingerprint density at radius 2 is 1.81 bits per heavy atom. The van der Waals surface area contributed by atoms with Crippen LogP contribution in [-0.2, 0) is 9.53 Å². The van der Waals surface area contributed by atoms with Crippen molar-refractivity contribution in [3.63, 3.8) is 0 Å². The van der Waals surface area contributed by atoms with Crippen molar-refractivity contribution in [1.29, 1.82) is 0 Å². The molecule has 1 amide bonds. The molecule has 0 spiro atoms. The average Bonchev–Trinajstić information content (AvgIpc) is 2.66. The fourth-order valence-electron chi connectivity index (χ4n) is 2.10. The Labute approximate surface area is 158 Å². The largest absolute Gasteiger partial charge is 0.493 e. The Kier molecular flexibility index (Phi) is 6.56. The van der Waals surface area contributed by atoms with Gasteiger partial charge in [-0.15, -0.1) is 0 Å². The number of nitro benzene ring substituents is 1. The van der Waals surface area contributed by atoms with Crippen molar-refractivity contribution in [3.8, 4) is 11.5 Å². The van der Waals surface area contributed by atoms with Crippen LogP contribution in [0.25, 0.3) is 0 Å². The number of carbonyl (C=O) groups excluding carboxylic acids is 2. The van der Waals surface area contributed by atoms with Crippen LogP contribution in [0.15, 0.2) is 36.4 Å². The summed E-state index contributed by atoms with van der Waals surface area (Å²) in [6.07, 6.45) is 0. The van der Waals surface area contributed by atoms with Gasteiger partial charge < -0.3 is 19.5 Å². The molecule has 0 aromatic heterocycles. The number of halogens is 1. The van der Waals surface area contributed by atoms with E-state index >= 15 is 0 Å². The van der Waals surface area contributed by atoms with Crippen molar-refractivity contribution in [2.75, 3.05) is 26.1 Å². The number of nitrogens with one attached hydrogen (secondary N) is 1. The van der Waals surface area contributed by atoms with Gasteiger partial charge in [-0.25, -0.2) is 4.79 Å². The zero-order valence-corrected chi connectivity index (χ0v) is 15.1. The molecule has 10 heteroatoms. The molecule has 2 aromatic carbocycles. The quantitative estimate of drug-likeness (QED) is 0.435. The number of rotatable bonds is 7. The number of anilines is 1. The number of non-ortho nitro benzene ring substituents is 1. The zero-order chi connectivity index (χ0) is 20.0. The van der Waals surface area contributed by atoms with Crippen LogP contribution in [0, 0.1) is 10.1 Å². The van der Waals surface area contributed by atoms with E-state index in [1.807, 2.05) is 0 Å². The summed E-state index contributed by atoms with van der Waals surface area (Å²) in [7, 11) is 2.93. The van der Waals surface area contributed by atoms with Crippen molar-refractivity contribution < 1.29 is 28.7 Å². The third-order valence-electron chi connectivity index (χ3n) is 3.38. The second-order valence-corrected chi connectivity index (χ2v) is 5.52. The Morgan fingerprint density at radius 3 is 2.44 bits per heavy atom. The molecule has 0 bridgehead atoms. The number of hydrogen-bond acceptors (Lipinski definition) is 7. The predicted molar refractivity (Wildman–Crippen MR) is 96.6 cm³/mol. The van der Waals surface area contributed by atoms with Crippen LogP contribution in [0.3, 0.4) is 0 Å².